The fourth-order valence-corrected chi connectivity index (χ4v) is 2.96. The second-order valence-electron chi connectivity index (χ2n) is 10.0. The molecule has 2 aromatic rings. The Morgan fingerprint density at radius 3 is 2.22 bits per heavy atom. The molecule has 12 heteroatoms. The largest absolute Gasteiger partial charge is 0.460 e. The molecule has 0 saturated carbocycles. The number of amides is 3. The molecule has 0 unspecified atom stereocenters. The molecule has 0 bridgehead atoms. The third-order valence-electron chi connectivity index (χ3n) is 4.16. The van der Waals surface area contributed by atoms with E-state index >= 15 is 0 Å². The number of carbonyl (C=O) groups is 3. The van der Waals surface area contributed by atoms with E-state index in [-0.39, 0.29) is 23.9 Å². The van der Waals surface area contributed by atoms with E-state index in [0.717, 1.165) is 6.07 Å². The predicted molar refractivity (Wildman–Crippen MR) is 136 cm³/mol. The fourth-order valence-electron chi connectivity index (χ4n) is 2.82. The number of aromatic nitrogens is 1. The molecule has 0 aliphatic rings. The molecule has 3 amide bonds. The number of alkyl carbamates (subject to hydrolysis) is 1. The predicted octanol–water partition coefficient (Wildman–Crippen LogP) is 5.41. The molecule has 0 aliphatic carbocycles. The highest BCUT2D eigenvalue weighted by Crippen LogP contribution is 2.25. The highest BCUT2D eigenvalue weighted by molar-refractivity contribution is 6.30. The highest BCUT2D eigenvalue weighted by Gasteiger charge is 2.24. The van der Waals surface area contributed by atoms with Crippen LogP contribution in [0.5, 0.6) is 11.6 Å². The number of esters is 1. The number of anilines is 1. The van der Waals surface area contributed by atoms with Gasteiger partial charge in [-0.2, -0.15) is 0 Å². The van der Waals surface area contributed by atoms with E-state index in [1.165, 1.54) is 18.3 Å². The van der Waals surface area contributed by atoms with E-state index in [0.29, 0.717) is 11.4 Å². The van der Waals surface area contributed by atoms with Crippen molar-refractivity contribution in [1.82, 2.24) is 15.6 Å². The number of urea groups is 1. The van der Waals surface area contributed by atoms with Crippen LogP contribution in [0.1, 0.15) is 48.0 Å². The van der Waals surface area contributed by atoms with Gasteiger partial charge in [-0.05, 0) is 71.9 Å². The molecule has 0 saturated heterocycles. The number of benzene rings is 1. The first-order valence-electron chi connectivity index (χ1n) is 11.4. The van der Waals surface area contributed by atoms with E-state index in [4.69, 9.17) is 25.8 Å². The number of hydrogen-bond acceptors (Lipinski definition) is 7. The smallest absolute Gasteiger partial charge is 0.407 e. The zero-order valence-electron chi connectivity index (χ0n) is 21.6. The van der Waals surface area contributed by atoms with E-state index < -0.39 is 41.2 Å². The van der Waals surface area contributed by atoms with E-state index in [2.05, 4.69) is 20.9 Å². The van der Waals surface area contributed by atoms with Crippen LogP contribution in [0.2, 0.25) is 5.02 Å². The third-order valence-corrected chi connectivity index (χ3v) is 4.37. The molecule has 0 fully saturated rings. The standard InChI is InChI=1S/C25H32ClFN4O6/c1-24(2,3)36-20(32)12-17(31-23(34)37-25(4,5)6)14-29-22(33)30-16-7-9-18(10-8-16)35-21-19(27)11-15(26)13-28-21/h7-11,13,17H,12,14H2,1-6H3,(H,31,34)(H2,29,30,33)/t17-/m0/s1. The van der Waals surface area contributed by atoms with Gasteiger partial charge in [-0.3, -0.25) is 4.79 Å². The molecule has 0 spiro atoms. The zero-order chi connectivity index (χ0) is 27.8. The first-order valence-corrected chi connectivity index (χ1v) is 11.8. The van der Waals surface area contributed by atoms with Gasteiger partial charge in [-0.15, -0.1) is 0 Å². The van der Waals surface area contributed by atoms with Crippen molar-refractivity contribution >= 4 is 35.4 Å². The van der Waals surface area contributed by atoms with Crippen molar-refractivity contribution < 1.29 is 33.0 Å². The lowest BCUT2D eigenvalue weighted by atomic mass is 10.1. The normalized spacial score (nSPS) is 12.2. The Bertz CT molecular complexity index is 1070. The molecular weight excluding hydrogens is 507 g/mol. The van der Waals surface area contributed by atoms with Crippen molar-refractivity contribution in [2.45, 2.75) is 65.2 Å². The summed E-state index contributed by atoms with van der Waals surface area (Å²) in [5.74, 6) is -1.21. The zero-order valence-corrected chi connectivity index (χ0v) is 22.4. The molecule has 2 rings (SSSR count). The van der Waals surface area contributed by atoms with Crippen molar-refractivity contribution in [3.63, 3.8) is 0 Å². The Hall–Kier alpha value is -3.60. The van der Waals surface area contributed by atoms with Gasteiger partial charge in [0.1, 0.15) is 17.0 Å². The molecule has 37 heavy (non-hydrogen) atoms. The maximum atomic E-state index is 13.9. The molecule has 1 atom stereocenters. The maximum absolute atomic E-state index is 13.9. The Morgan fingerprint density at radius 2 is 1.65 bits per heavy atom. The van der Waals surface area contributed by atoms with Crippen LogP contribution in [-0.2, 0) is 14.3 Å². The first-order chi connectivity index (χ1) is 17.1. The summed E-state index contributed by atoms with van der Waals surface area (Å²) in [5.41, 5.74) is -1.03. The van der Waals surface area contributed by atoms with Crippen LogP contribution in [0.3, 0.4) is 0 Å². The summed E-state index contributed by atoms with van der Waals surface area (Å²) in [6, 6.07) is 5.83. The quantitative estimate of drug-likeness (QED) is 0.383. The summed E-state index contributed by atoms with van der Waals surface area (Å²) >= 11 is 5.68. The van der Waals surface area contributed by atoms with E-state index in [1.54, 1.807) is 53.7 Å². The molecule has 0 radical (unpaired) electrons. The Kier molecular flexibility index (Phi) is 10.1. The van der Waals surface area contributed by atoms with Gasteiger partial charge in [0.05, 0.1) is 17.5 Å². The van der Waals surface area contributed by atoms with E-state index in [1.807, 2.05) is 0 Å². The number of nitrogens with one attached hydrogen (secondary N) is 3. The lowest BCUT2D eigenvalue weighted by Crippen LogP contribution is -2.47. The van der Waals surface area contributed by atoms with Crippen LogP contribution < -0.4 is 20.7 Å². The van der Waals surface area contributed by atoms with Crippen molar-refractivity contribution in [3.05, 3.63) is 47.4 Å². The summed E-state index contributed by atoms with van der Waals surface area (Å²) < 4.78 is 29.8. The second kappa shape index (κ2) is 12.6. The average molecular weight is 539 g/mol. The highest BCUT2D eigenvalue weighted by atomic mass is 35.5. The van der Waals surface area contributed by atoms with Crippen molar-refractivity contribution in [2.75, 3.05) is 11.9 Å². The van der Waals surface area contributed by atoms with Gasteiger partial charge < -0.3 is 30.2 Å². The Balaban J connectivity index is 1.95. The average Bonchev–Trinajstić information content (AvgIpc) is 2.72. The van der Waals surface area contributed by atoms with E-state index in [9.17, 15) is 18.8 Å². The number of pyridine rings is 1. The Morgan fingerprint density at radius 1 is 1.03 bits per heavy atom. The Labute approximate surface area is 220 Å². The van der Waals surface area contributed by atoms with Crippen LogP contribution in [0.15, 0.2) is 36.5 Å². The lowest BCUT2D eigenvalue weighted by Gasteiger charge is -2.25. The monoisotopic (exact) mass is 538 g/mol. The SMILES string of the molecule is CC(C)(C)OC(=O)C[C@@H](CNC(=O)Nc1ccc(Oc2ncc(Cl)cc2F)cc1)NC(=O)OC(C)(C)C. The fraction of sp³-hybridized carbons (Fsp3) is 0.440. The molecule has 1 aromatic carbocycles. The van der Waals surface area contributed by atoms with Crippen molar-refractivity contribution in [3.8, 4) is 11.6 Å². The molecule has 1 heterocycles. The first kappa shape index (κ1) is 29.6. The lowest BCUT2D eigenvalue weighted by molar-refractivity contribution is -0.155. The van der Waals surface area contributed by atoms with Gasteiger partial charge >= 0.3 is 18.1 Å². The minimum absolute atomic E-state index is 0.0764. The molecule has 10 nitrogen and oxygen atoms in total. The number of halogens is 2. The van der Waals surface area contributed by atoms with Gasteiger partial charge in [0.25, 0.3) is 5.88 Å². The van der Waals surface area contributed by atoms with Crippen LogP contribution in [-0.4, -0.2) is 46.9 Å². The summed E-state index contributed by atoms with van der Waals surface area (Å²) in [6.07, 6.45) is 0.344. The number of ether oxygens (including phenoxy) is 3. The number of hydrogen-bond donors (Lipinski definition) is 3. The molecule has 0 aliphatic heterocycles. The third kappa shape index (κ3) is 11.8. The van der Waals surface area contributed by atoms with Crippen LogP contribution in [0.25, 0.3) is 0 Å². The van der Waals surface area contributed by atoms with Crippen molar-refractivity contribution in [2.24, 2.45) is 0 Å². The van der Waals surface area contributed by atoms with Gasteiger partial charge in [-0.25, -0.2) is 19.0 Å². The number of rotatable bonds is 8. The topological polar surface area (TPSA) is 128 Å². The maximum Gasteiger partial charge on any atom is 0.407 e. The second-order valence-corrected chi connectivity index (χ2v) is 10.5. The summed E-state index contributed by atoms with van der Waals surface area (Å²) in [5, 5.41) is 7.95. The minimum atomic E-state index is -0.784. The number of carbonyl (C=O) groups excluding carboxylic acids is 3. The number of nitrogens with zero attached hydrogens (tertiary/aromatic N) is 1. The molecule has 202 valence electrons. The van der Waals surface area contributed by atoms with Gasteiger partial charge in [0.2, 0.25) is 0 Å². The summed E-state index contributed by atoms with van der Waals surface area (Å²) in [6.45, 7) is 10.2. The minimum Gasteiger partial charge on any atom is -0.460 e. The van der Waals surface area contributed by atoms with Crippen molar-refractivity contribution in [1.29, 1.82) is 0 Å². The van der Waals surface area contributed by atoms with Gasteiger partial charge in [0.15, 0.2) is 5.82 Å². The van der Waals surface area contributed by atoms with Crippen LogP contribution in [0.4, 0.5) is 19.7 Å². The van der Waals surface area contributed by atoms with Crippen LogP contribution >= 0.6 is 11.6 Å². The van der Waals surface area contributed by atoms with Crippen LogP contribution in [0, 0.1) is 5.82 Å². The van der Waals surface area contributed by atoms with Gasteiger partial charge in [0, 0.05) is 18.4 Å². The summed E-state index contributed by atoms with van der Waals surface area (Å²) in [7, 11) is 0. The molecular formula is C25H32ClFN4O6. The molecule has 1 aromatic heterocycles. The van der Waals surface area contributed by atoms with Gasteiger partial charge in [-0.1, -0.05) is 11.6 Å². The summed E-state index contributed by atoms with van der Waals surface area (Å²) in [4.78, 5) is 40.7. The molecule has 3 N–H and O–H groups in total.